The lowest BCUT2D eigenvalue weighted by Crippen LogP contribution is -3.06. The summed E-state index contributed by atoms with van der Waals surface area (Å²) in [5, 5.41) is 11.6. The van der Waals surface area contributed by atoms with Crippen molar-refractivity contribution in [2.24, 2.45) is 0 Å². The van der Waals surface area contributed by atoms with Gasteiger partial charge in [-0.25, -0.2) is 9.78 Å². The Kier molecular flexibility index (Phi) is 9.07. The molecule has 1 heterocycles. The first-order valence-corrected chi connectivity index (χ1v) is 8.83. The second-order valence-electron chi connectivity index (χ2n) is 4.22. The fourth-order valence-corrected chi connectivity index (χ4v) is 3.18. The van der Waals surface area contributed by atoms with E-state index in [0.29, 0.717) is 18.6 Å². The molecule has 0 saturated heterocycles. The topological polar surface area (TPSA) is 83.8 Å². The molecule has 1 atom stereocenters. The third-order valence-corrected chi connectivity index (χ3v) is 4.58. The molecule has 116 valence electrons. The molecule has 0 aliphatic carbocycles. The summed E-state index contributed by atoms with van der Waals surface area (Å²) in [6.45, 7) is 1.56. The number of rotatable bonds is 10. The Labute approximate surface area is 131 Å². The number of hydroxylamine groups is 2. The zero-order valence-electron chi connectivity index (χ0n) is 11.7. The van der Waals surface area contributed by atoms with Crippen LogP contribution in [0.2, 0.25) is 0 Å². The number of nitrogens with zero attached hydrogens (tertiary/aromatic N) is 1. The predicted octanol–water partition coefficient (Wildman–Crippen LogP) is 1.42. The number of quaternary nitrogens is 1. The number of hydrogen-bond acceptors (Lipinski definition) is 7. The summed E-state index contributed by atoms with van der Waals surface area (Å²) in [7, 11) is 2.95. The number of ketones is 1. The van der Waals surface area contributed by atoms with Crippen molar-refractivity contribution >= 4 is 33.3 Å². The first kappa shape index (κ1) is 18.0. The zero-order chi connectivity index (χ0) is 15.5. The molecule has 1 N–H and O–H groups in total. The van der Waals surface area contributed by atoms with Crippen LogP contribution in [0.25, 0.3) is 0 Å². The van der Waals surface area contributed by atoms with Gasteiger partial charge in [0, 0.05) is 24.8 Å². The summed E-state index contributed by atoms with van der Waals surface area (Å²) in [4.78, 5) is 30.9. The number of pyridine rings is 1. The fraction of sp³-hybridized carbons (Fsp3) is 0.462. The van der Waals surface area contributed by atoms with E-state index in [4.69, 9.17) is 0 Å². The number of aromatic nitrogens is 1. The van der Waals surface area contributed by atoms with Crippen LogP contribution >= 0.6 is 21.6 Å². The van der Waals surface area contributed by atoms with Crippen molar-refractivity contribution < 1.29 is 19.7 Å². The standard InChI is InChI=1S/C13H18N2O4S2/c1-11(16)5-4-9-15(18)19-13(17)7-10-20-21-12-6-2-3-8-14-12/h2-3,6,8,15H,4-5,7,9-10H2,1H3. The van der Waals surface area contributed by atoms with Crippen molar-refractivity contribution in [3.63, 3.8) is 0 Å². The van der Waals surface area contributed by atoms with Crippen LogP contribution in [0.15, 0.2) is 29.4 Å². The van der Waals surface area contributed by atoms with Gasteiger partial charge in [0.05, 0.1) is 6.42 Å². The molecule has 0 bridgehead atoms. The van der Waals surface area contributed by atoms with Crippen LogP contribution in [-0.4, -0.2) is 29.0 Å². The van der Waals surface area contributed by atoms with Crippen LogP contribution in [0.1, 0.15) is 26.2 Å². The summed E-state index contributed by atoms with van der Waals surface area (Å²) < 4.78 is 0. The first-order chi connectivity index (χ1) is 10.1. The van der Waals surface area contributed by atoms with Gasteiger partial charge in [-0.3, -0.25) is 4.84 Å². The number of nitrogens with one attached hydrogen (secondary N) is 1. The van der Waals surface area contributed by atoms with Gasteiger partial charge < -0.3 is 10.0 Å². The summed E-state index contributed by atoms with van der Waals surface area (Å²) in [5.74, 6) is 0.0369. The van der Waals surface area contributed by atoms with E-state index < -0.39 is 11.2 Å². The zero-order valence-corrected chi connectivity index (χ0v) is 13.4. The molecule has 1 aromatic heterocycles. The Balaban J connectivity index is 2.06. The van der Waals surface area contributed by atoms with E-state index in [1.165, 1.54) is 28.5 Å². The lowest BCUT2D eigenvalue weighted by Gasteiger charge is -2.18. The van der Waals surface area contributed by atoms with Gasteiger partial charge in [0.1, 0.15) is 17.4 Å². The molecule has 8 heteroatoms. The number of carbonyl (C=O) groups excluding carboxylic acids is 2. The Morgan fingerprint density at radius 1 is 1.38 bits per heavy atom. The van der Waals surface area contributed by atoms with Gasteiger partial charge >= 0.3 is 5.97 Å². The molecule has 0 aliphatic heterocycles. The van der Waals surface area contributed by atoms with Gasteiger partial charge in [0.15, 0.2) is 0 Å². The highest BCUT2D eigenvalue weighted by molar-refractivity contribution is 8.76. The molecule has 1 aromatic rings. The second kappa shape index (κ2) is 10.6. The maximum Gasteiger partial charge on any atom is 0.367 e. The number of carbonyl (C=O) groups is 2. The van der Waals surface area contributed by atoms with E-state index in [0.717, 1.165) is 5.03 Å². The minimum atomic E-state index is -0.566. The molecule has 21 heavy (non-hydrogen) atoms. The molecule has 0 radical (unpaired) electrons. The van der Waals surface area contributed by atoms with Crippen LogP contribution < -0.4 is 5.23 Å². The van der Waals surface area contributed by atoms with Crippen molar-refractivity contribution in [2.75, 3.05) is 12.3 Å². The SMILES string of the molecule is CC(=O)CCC[NH+]([O-])OC(=O)CCSSc1ccccn1. The van der Waals surface area contributed by atoms with Crippen LogP contribution in [0.3, 0.4) is 0 Å². The minimum absolute atomic E-state index is 0.0251. The molecular weight excluding hydrogens is 312 g/mol. The normalized spacial score (nSPS) is 11.9. The second-order valence-corrected chi connectivity index (χ2v) is 6.66. The van der Waals surface area contributed by atoms with Crippen molar-refractivity contribution in [3.05, 3.63) is 29.6 Å². The van der Waals surface area contributed by atoms with Gasteiger partial charge in [-0.2, -0.15) is 5.23 Å². The van der Waals surface area contributed by atoms with Gasteiger partial charge in [0.25, 0.3) is 0 Å². The van der Waals surface area contributed by atoms with E-state index in [9.17, 15) is 14.8 Å². The molecule has 0 saturated carbocycles. The van der Waals surface area contributed by atoms with Gasteiger partial charge in [0.2, 0.25) is 0 Å². The highest BCUT2D eigenvalue weighted by Gasteiger charge is 2.09. The van der Waals surface area contributed by atoms with E-state index in [1.807, 2.05) is 18.2 Å². The van der Waals surface area contributed by atoms with Crippen LogP contribution in [0.5, 0.6) is 0 Å². The highest BCUT2D eigenvalue weighted by Crippen LogP contribution is 2.29. The Morgan fingerprint density at radius 2 is 2.19 bits per heavy atom. The Bertz CT molecular complexity index is 445. The van der Waals surface area contributed by atoms with Crippen LogP contribution in [-0.2, 0) is 14.4 Å². The summed E-state index contributed by atoms with van der Waals surface area (Å²) in [6.07, 6.45) is 2.63. The van der Waals surface area contributed by atoms with Gasteiger partial charge in [-0.15, -0.1) is 0 Å². The maximum atomic E-state index is 11.4. The quantitative estimate of drug-likeness (QED) is 0.394. The van der Waals surface area contributed by atoms with E-state index in [2.05, 4.69) is 9.82 Å². The van der Waals surface area contributed by atoms with Gasteiger partial charge in [-0.1, -0.05) is 16.9 Å². The van der Waals surface area contributed by atoms with E-state index >= 15 is 0 Å². The molecule has 0 spiro atoms. The summed E-state index contributed by atoms with van der Waals surface area (Å²) in [5.41, 5.74) is 0. The van der Waals surface area contributed by atoms with Crippen LogP contribution in [0.4, 0.5) is 0 Å². The molecule has 0 fully saturated rings. The number of hydrogen-bond donors (Lipinski definition) is 1. The average molecular weight is 330 g/mol. The molecule has 6 nitrogen and oxygen atoms in total. The molecule has 1 rings (SSSR count). The van der Waals surface area contributed by atoms with E-state index in [-0.39, 0.29) is 18.7 Å². The number of Topliss-reactive ketones (excluding diaryl/α,β-unsaturated/α-hetero) is 1. The fourth-order valence-electron chi connectivity index (χ4n) is 1.33. The molecule has 1 unspecified atom stereocenters. The van der Waals surface area contributed by atoms with Crippen molar-refractivity contribution in [1.82, 2.24) is 4.98 Å². The molecule has 0 aliphatic rings. The smallest absolute Gasteiger partial charge is 0.367 e. The maximum absolute atomic E-state index is 11.4. The minimum Gasteiger partial charge on any atom is -0.591 e. The Morgan fingerprint density at radius 3 is 2.86 bits per heavy atom. The van der Waals surface area contributed by atoms with Crippen LogP contribution in [0, 0.1) is 5.21 Å². The lowest BCUT2D eigenvalue weighted by atomic mass is 10.2. The molecule has 0 amide bonds. The van der Waals surface area contributed by atoms with Crippen molar-refractivity contribution in [3.8, 4) is 0 Å². The largest absolute Gasteiger partial charge is 0.591 e. The average Bonchev–Trinajstić information content (AvgIpc) is 2.44. The van der Waals surface area contributed by atoms with Crippen molar-refractivity contribution in [1.29, 1.82) is 0 Å². The van der Waals surface area contributed by atoms with E-state index in [1.54, 1.807) is 6.20 Å². The summed E-state index contributed by atoms with van der Waals surface area (Å²) >= 11 is 0. The highest BCUT2D eigenvalue weighted by atomic mass is 33.1. The first-order valence-electron chi connectivity index (χ1n) is 6.51. The van der Waals surface area contributed by atoms with Crippen molar-refractivity contribution in [2.45, 2.75) is 31.2 Å². The monoisotopic (exact) mass is 330 g/mol. The summed E-state index contributed by atoms with van der Waals surface area (Å²) in [6, 6.07) is 5.61. The third-order valence-electron chi connectivity index (χ3n) is 2.31. The predicted molar refractivity (Wildman–Crippen MR) is 82.4 cm³/mol. The Hall–Kier alpha value is -1.09. The van der Waals surface area contributed by atoms with Gasteiger partial charge in [-0.05, 0) is 29.9 Å². The lowest BCUT2D eigenvalue weighted by molar-refractivity contribution is -1.03. The molecular formula is C13H18N2O4S2. The third kappa shape index (κ3) is 9.46. The molecule has 0 aromatic carbocycles.